The van der Waals surface area contributed by atoms with E-state index >= 15 is 0 Å². The van der Waals surface area contributed by atoms with Crippen LogP contribution in [0.25, 0.3) is 10.9 Å². The maximum Gasteiger partial charge on any atom is 0.270 e. The molecule has 0 bridgehead atoms. The first-order valence-electron chi connectivity index (χ1n) is 6.22. The van der Waals surface area contributed by atoms with Crippen molar-refractivity contribution < 1.29 is 9.31 Å². The maximum absolute atomic E-state index is 13.4. The number of hydrogen-bond acceptors (Lipinski definition) is 2. The van der Waals surface area contributed by atoms with Crippen LogP contribution in [0.2, 0.25) is 5.02 Å². The van der Waals surface area contributed by atoms with E-state index in [2.05, 4.69) is 0 Å². The van der Waals surface area contributed by atoms with Crippen molar-refractivity contribution >= 4 is 28.2 Å². The van der Waals surface area contributed by atoms with Crippen LogP contribution in [0.4, 0.5) is 10.1 Å². The second-order valence-electron chi connectivity index (χ2n) is 4.69. The van der Waals surface area contributed by atoms with Crippen LogP contribution in [-0.4, -0.2) is 9.49 Å². The Bertz CT molecular complexity index is 845. The molecule has 0 N–H and O–H groups in total. The first-order valence-corrected chi connectivity index (χ1v) is 6.59. The molecule has 3 aromatic rings. The van der Waals surface area contributed by atoms with E-state index in [4.69, 9.17) is 11.6 Å². The molecule has 0 fully saturated rings. The van der Waals surface area contributed by atoms with E-state index in [0.29, 0.717) is 6.54 Å². The molecule has 0 saturated heterocycles. The van der Waals surface area contributed by atoms with Gasteiger partial charge in [-0.3, -0.25) is 10.1 Å². The number of halogens is 2. The maximum atomic E-state index is 13.4. The van der Waals surface area contributed by atoms with Gasteiger partial charge >= 0.3 is 0 Å². The first-order chi connectivity index (χ1) is 10.0. The monoisotopic (exact) mass is 304 g/mol. The van der Waals surface area contributed by atoms with E-state index in [1.807, 2.05) is 10.8 Å². The van der Waals surface area contributed by atoms with Gasteiger partial charge in [0.2, 0.25) is 0 Å². The molecule has 1 heterocycles. The summed E-state index contributed by atoms with van der Waals surface area (Å²) >= 11 is 5.66. The van der Waals surface area contributed by atoms with Crippen LogP contribution in [0.1, 0.15) is 5.56 Å². The van der Waals surface area contributed by atoms with Crippen molar-refractivity contribution in [3.05, 3.63) is 75.2 Å². The average Bonchev–Trinajstić information content (AvgIpc) is 2.85. The number of nitro groups is 1. The third kappa shape index (κ3) is 2.60. The molecule has 0 aliphatic heterocycles. The Morgan fingerprint density at radius 3 is 2.71 bits per heavy atom. The van der Waals surface area contributed by atoms with Crippen LogP contribution in [-0.2, 0) is 6.54 Å². The topological polar surface area (TPSA) is 48.1 Å². The Balaban J connectivity index is 1.97. The molecular weight excluding hydrogens is 295 g/mol. The molecule has 0 aliphatic carbocycles. The number of rotatable bonds is 3. The van der Waals surface area contributed by atoms with E-state index in [1.54, 1.807) is 18.2 Å². The molecule has 1 aromatic heterocycles. The predicted octanol–water partition coefficient (Wildman–Crippen LogP) is 4.39. The fourth-order valence-electron chi connectivity index (χ4n) is 2.27. The van der Waals surface area contributed by atoms with Crippen molar-refractivity contribution in [2.75, 3.05) is 0 Å². The lowest BCUT2D eigenvalue weighted by Crippen LogP contribution is -1.98. The summed E-state index contributed by atoms with van der Waals surface area (Å²) in [6, 6.07) is 11.1. The van der Waals surface area contributed by atoms with Crippen LogP contribution in [0.5, 0.6) is 0 Å². The van der Waals surface area contributed by atoms with Gasteiger partial charge in [-0.05, 0) is 29.8 Å². The Kier molecular flexibility index (Phi) is 3.35. The number of nitrogens with zero attached hydrogens (tertiary/aromatic N) is 2. The van der Waals surface area contributed by atoms with Gasteiger partial charge in [-0.2, -0.15) is 0 Å². The second kappa shape index (κ2) is 5.18. The molecule has 21 heavy (non-hydrogen) atoms. The zero-order valence-electron chi connectivity index (χ0n) is 10.8. The summed E-state index contributed by atoms with van der Waals surface area (Å²) in [7, 11) is 0. The van der Waals surface area contributed by atoms with E-state index in [-0.39, 0.29) is 10.7 Å². The molecule has 4 nitrogen and oxygen atoms in total. The van der Waals surface area contributed by atoms with Crippen LogP contribution >= 0.6 is 11.6 Å². The molecule has 0 spiro atoms. The van der Waals surface area contributed by atoms with Crippen molar-refractivity contribution in [3.63, 3.8) is 0 Å². The third-order valence-corrected chi connectivity index (χ3v) is 3.61. The molecular formula is C15H10ClFN2O2. The van der Waals surface area contributed by atoms with Gasteiger partial charge in [-0.15, -0.1) is 0 Å². The Labute approximate surface area is 124 Å². The highest BCUT2D eigenvalue weighted by Crippen LogP contribution is 2.23. The first kappa shape index (κ1) is 13.6. The molecule has 0 aliphatic rings. The number of nitro benzene ring substituents is 1. The third-order valence-electron chi connectivity index (χ3n) is 3.30. The molecule has 2 aromatic carbocycles. The zero-order valence-corrected chi connectivity index (χ0v) is 11.5. The normalized spacial score (nSPS) is 11.0. The van der Waals surface area contributed by atoms with Crippen LogP contribution in [0.3, 0.4) is 0 Å². The van der Waals surface area contributed by atoms with Gasteiger partial charge in [0.15, 0.2) is 0 Å². The average molecular weight is 305 g/mol. The number of aromatic nitrogens is 1. The number of fused-ring (bicyclic) bond motifs is 1. The highest BCUT2D eigenvalue weighted by atomic mass is 35.5. The van der Waals surface area contributed by atoms with Gasteiger partial charge < -0.3 is 4.57 Å². The summed E-state index contributed by atoms with van der Waals surface area (Å²) in [6.07, 6.45) is 1.82. The zero-order chi connectivity index (χ0) is 15.0. The molecule has 0 atom stereocenters. The van der Waals surface area contributed by atoms with Crippen LogP contribution in [0.15, 0.2) is 48.7 Å². The van der Waals surface area contributed by atoms with Crippen molar-refractivity contribution in [3.8, 4) is 0 Å². The quantitative estimate of drug-likeness (QED) is 0.532. The predicted molar refractivity (Wildman–Crippen MR) is 79.1 cm³/mol. The van der Waals surface area contributed by atoms with Gasteiger partial charge in [0, 0.05) is 35.8 Å². The number of benzene rings is 2. The van der Waals surface area contributed by atoms with Gasteiger partial charge in [0.05, 0.1) is 9.95 Å². The summed E-state index contributed by atoms with van der Waals surface area (Å²) in [5, 5.41) is 11.6. The van der Waals surface area contributed by atoms with Crippen molar-refractivity contribution in [2.24, 2.45) is 0 Å². The minimum Gasteiger partial charge on any atom is -0.343 e. The van der Waals surface area contributed by atoms with Gasteiger partial charge in [-0.25, -0.2) is 4.39 Å². The molecule has 0 saturated carbocycles. The van der Waals surface area contributed by atoms with E-state index in [1.165, 1.54) is 24.3 Å². The lowest BCUT2D eigenvalue weighted by Gasteiger charge is -2.06. The summed E-state index contributed by atoms with van der Waals surface area (Å²) in [5.41, 5.74) is 1.68. The summed E-state index contributed by atoms with van der Waals surface area (Å²) in [6.45, 7) is 0.468. The van der Waals surface area contributed by atoms with Gasteiger partial charge in [0.1, 0.15) is 5.82 Å². The molecule has 106 valence electrons. The fraction of sp³-hybridized carbons (Fsp3) is 0.0667. The standard InChI is InChI=1S/C15H10ClFN2O2/c16-13-3-1-10(7-14(13)17)9-18-6-5-11-8-12(19(20)21)2-4-15(11)18/h1-8H,9H2. The summed E-state index contributed by atoms with van der Waals surface area (Å²) < 4.78 is 15.4. The Morgan fingerprint density at radius 2 is 2.00 bits per heavy atom. The van der Waals surface area contributed by atoms with E-state index in [0.717, 1.165) is 16.5 Å². The van der Waals surface area contributed by atoms with Crippen molar-refractivity contribution in [1.82, 2.24) is 4.57 Å². The van der Waals surface area contributed by atoms with Crippen LogP contribution in [0, 0.1) is 15.9 Å². The minimum absolute atomic E-state index is 0.0535. The minimum atomic E-state index is -0.457. The summed E-state index contributed by atoms with van der Waals surface area (Å²) in [4.78, 5) is 10.3. The largest absolute Gasteiger partial charge is 0.343 e. The highest BCUT2D eigenvalue weighted by molar-refractivity contribution is 6.30. The molecule has 6 heteroatoms. The Morgan fingerprint density at radius 1 is 1.19 bits per heavy atom. The molecule has 0 amide bonds. The lowest BCUT2D eigenvalue weighted by molar-refractivity contribution is -0.384. The second-order valence-corrected chi connectivity index (χ2v) is 5.10. The summed E-state index contributed by atoms with van der Waals surface area (Å²) in [5.74, 6) is -0.457. The Hall–Kier alpha value is -2.40. The van der Waals surface area contributed by atoms with Crippen molar-refractivity contribution in [2.45, 2.75) is 6.54 Å². The smallest absolute Gasteiger partial charge is 0.270 e. The van der Waals surface area contributed by atoms with E-state index < -0.39 is 10.7 Å². The van der Waals surface area contributed by atoms with Crippen LogP contribution < -0.4 is 0 Å². The number of hydrogen-bond donors (Lipinski definition) is 0. The van der Waals surface area contributed by atoms with Gasteiger partial charge in [-0.1, -0.05) is 17.7 Å². The molecule has 3 rings (SSSR count). The fourth-order valence-corrected chi connectivity index (χ4v) is 2.39. The lowest BCUT2D eigenvalue weighted by atomic mass is 10.2. The van der Waals surface area contributed by atoms with Gasteiger partial charge in [0.25, 0.3) is 5.69 Å². The van der Waals surface area contributed by atoms with E-state index in [9.17, 15) is 14.5 Å². The molecule has 0 radical (unpaired) electrons. The van der Waals surface area contributed by atoms with Crippen molar-refractivity contribution in [1.29, 1.82) is 0 Å². The number of non-ortho nitro benzene ring substituents is 1. The highest BCUT2D eigenvalue weighted by Gasteiger charge is 2.09. The molecule has 0 unspecified atom stereocenters. The SMILES string of the molecule is O=[N+]([O-])c1ccc2c(ccn2Cc2ccc(Cl)c(F)c2)c1.